The molecule has 0 unspecified atom stereocenters. The van der Waals surface area contributed by atoms with Crippen LogP contribution in [0.25, 0.3) is 0 Å². The fourth-order valence-electron chi connectivity index (χ4n) is 0.658. The highest BCUT2D eigenvalue weighted by Gasteiger charge is 1.80. The minimum absolute atomic E-state index is 1.07. The maximum Gasteiger partial charge on any atom is -0.0308 e. The Morgan fingerprint density at radius 3 is 2.50 bits per heavy atom. The largest absolute Gasteiger partial charge is 0.0988 e. The lowest BCUT2D eigenvalue weighted by molar-refractivity contribution is 1.15. The molecule has 0 atom stereocenters. The lowest BCUT2D eigenvalue weighted by Gasteiger charge is -1.90. The lowest BCUT2D eigenvalue weighted by atomic mass is 10.2. The van der Waals surface area contributed by atoms with Crippen molar-refractivity contribution in [3.05, 3.63) is 36.5 Å². The van der Waals surface area contributed by atoms with Gasteiger partial charge >= 0.3 is 0 Å². The number of allylic oxidation sites excluding steroid dienone is 5. The molecule has 0 bridgehead atoms. The summed E-state index contributed by atoms with van der Waals surface area (Å²) in [5, 5.41) is 0. The Hall–Kier alpha value is -0.780. The van der Waals surface area contributed by atoms with Crippen LogP contribution in [0.2, 0.25) is 0 Å². The Balaban J connectivity index is 3.85. The topological polar surface area (TPSA) is 0 Å². The van der Waals surface area contributed by atoms with Gasteiger partial charge in [-0.3, -0.25) is 0 Å². The van der Waals surface area contributed by atoms with Gasteiger partial charge in [-0.15, -0.1) is 0 Å². The van der Waals surface area contributed by atoms with Crippen molar-refractivity contribution in [2.45, 2.75) is 26.7 Å². The molecular formula is C10H16. The molecule has 0 aliphatic heterocycles. The van der Waals surface area contributed by atoms with Gasteiger partial charge < -0.3 is 0 Å². The van der Waals surface area contributed by atoms with Crippen LogP contribution in [0, 0.1) is 0 Å². The smallest absolute Gasteiger partial charge is 0.0308 e. The van der Waals surface area contributed by atoms with Gasteiger partial charge in [-0.25, -0.2) is 0 Å². The lowest BCUT2D eigenvalue weighted by Crippen LogP contribution is -1.69. The molecule has 0 rings (SSSR count). The maximum absolute atomic E-state index is 3.71. The molecule has 56 valence electrons. The molecule has 0 heterocycles. The highest BCUT2D eigenvalue weighted by Crippen LogP contribution is 2.00. The third kappa shape index (κ3) is 4.13. The average molecular weight is 136 g/mol. The SMILES string of the molecule is C=C/C(=C\C=C\CC)CC. The molecule has 0 saturated carbocycles. The van der Waals surface area contributed by atoms with Crippen LogP contribution in [0.4, 0.5) is 0 Å². The van der Waals surface area contributed by atoms with Crippen LogP contribution in [-0.4, -0.2) is 0 Å². The molecule has 0 heteroatoms. The standard InChI is InChI=1S/C10H16/c1-4-7-8-9-10(5-2)6-3/h5,7-9H,2,4,6H2,1,3H3/b8-7+,10-9+. The molecule has 10 heavy (non-hydrogen) atoms. The molecule has 0 amide bonds. The molecule has 0 N–H and O–H groups in total. The van der Waals surface area contributed by atoms with Crippen LogP contribution in [-0.2, 0) is 0 Å². The third-order valence-corrected chi connectivity index (χ3v) is 1.35. The Labute approximate surface area is 64.0 Å². The van der Waals surface area contributed by atoms with Crippen molar-refractivity contribution < 1.29 is 0 Å². The van der Waals surface area contributed by atoms with Crippen molar-refractivity contribution in [2.24, 2.45) is 0 Å². The van der Waals surface area contributed by atoms with Crippen LogP contribution in [0.3, 0.4) is 0 Å². The highest BCUT2D eigenvalue weighted by atomic mass is 13.9. The second-order valence-corrected chi connectivity index (χ2v) is 2.14. The summed E-state index contributed by atoms with van der Waals surface area (Å²) in [6, 6.07) is 0. The summed E-state index contributed by atoms with van der Waals surface area (Å²) < 4.78 is 0. The molecule has 0 aromatic carbocycles. The minimum atomic E-state index is 1.07. The van der Waals surface area contributed by atoms with E-state index in [1.807, 2.05) is 6.08 Å². The zero-order chi connectivity index (χ0) is 7.82. The normalized spacial score (nSPS) is 12.4. The van der Waals surface area contributed by atoms with Gasteiger partial charge in [0.25, 0.3) is 0 Å². The Morgan fingerprint density at radius 1 is 1.40 bits per heavy atom. The summed E-state index contributed by atoms with van der Waals surface area (Å²) in [4.78, 5) is 0. The van der Waals surface area contributed by atoms with E-state index in [0.717, 1.165) is 12.8 Å². The van der Waals surface area contributed by atoms with Crippen LogP contribution in [0.15, 0.2) is 36.5 Å². The Morgan fingerprint density at radius 2 is 2.10 bits per heavy atom. The predicted molar refractivity (Wildman–Crippen MR) is 48.0 cm³/mol. The van der Waals surface area contributed by atoms with Crippen LogP contribution < -0.4 is 0 Å². The summed E-state index contributed by atoms with van der Waals surface area (Å²) in [5.41, 5.74) is 1.30. The molecule has 0 spiro atoms. The van der Waals surface area contributed by atoms with E-state index in [-0.39, 0.29) is 0 Å². The minimum Gasteiger partial charge on any atom is -0.0988 e. The van der Waals surface area contributed by atoms with Gasteiger partial charge in [0.05, 0.1) is 0 Å². The van der Waals surface area contributed by atoms with E-state index in [1.54, 1.807) is 0 Å². The first-order valence-corrected chi connectivity index (χ1v) is 3.83. The van der Waals surface area contributed by atoms with E-state index in [4.69, 9.17) is 0 Å². The second kappa shape index (κ2) is 6.34. The van der Waals surface area contributed by atoms with E-state index < -0.39 is 0 Å². The van der Waals surface area contributed by atoms with E-state index in [0.29, 0.717) is 0 Å². The first-order valence-electron chi connectivity index (χ1n) is 3.83. The summed E-state index contributed by atoms with van der Waals surface area (Å²) >= 11 is 0. The molecule has 0 aromatic heterocycles. The molecule has 0 radical (unpaired) electrons. The van der Waals surface area contributed by atoms with Gasteiger partial charge in [-0.2, -0.15) is 0 Å². The van der Waals surface area contributed by atoms with Crippen molar-refractivity contribution in [2.75, 3.05) is 0 Å². The second-order valence-electron chi connectivity index (χ2n) is 2.14. The summed E-state index contributed by atoms with van der Waals surface area (Å²) in [6.07, 6.45) is 10.4. The Bertz CT molecular complexity index is 138. The third-order valence-electron chi connectivity index (χ3n) is 1.35. The predicted octanol–water partition coefficient (Wildman–Crippen LogP) is 3.48. The molecule has 0 fully saturated rings. The first kappa shape index (κ1) is 9.22. The van der Waals surface area contributed by atoms with Gasteiger partial charge in [0.1, 0.15) is 0 Å². The van der Waals surface area contributed by atoms with Crippen molar-refractivity contribution in [3.8, 4) is 0 Å². The summed E-state index contributed by atoms with van der Waals surface area (Å²) in [6.45, 7) is 7.97. The van der Waals surface area contributed by atoms with E-state index in [2.05, 4.69) is 38.7 Å². The van der Waals surface area contributed by atoms with Gasteiger partial charge in [0, 0.05) is 0 Å². The molecule has 0 aliphatic rings. The molecule has 0 nitrogen and oxygen atoms in total. The Kier molecular flexibility index (Phi) is 5.85. The van der Waals surface area contributed by atoms with Gasteiger partial charge in [-0.1, -0.05) is 44.7 Å². The highest BCUT2D eigenvalue weighted by molar-refractivity contribution is 5.21. The van der Waals surface area contributed by atoms with E-state index in [9.17, 15) is 0 Å². The fourth-order valence-corrected chi connectivity index (χ4v) is 0.658. The number of hydrogen-bond donors (Lipinski definition) is 0. The van der Waals surface area contributed by atoms with Crippen molar-refractivity contribution in [3.63, 3.8) is 0 Å². The zero-order valence-corrected chi connectivity index (χ0v) is 6.93. The zero-order valence-electron chi connectivity index (χ0n) is 6.93. The summed E-state index contributed by atoms with van der Waals surface area (Å²) in [7, 11) is 0. The van der Waals surface area contributed by atoms with Crippen molar-refractivity contribution in [1.29, 1.82) is 0 Å². The molecule has 0 aromatic rings. The number of rotatable bonds is 4. The van der Waals surface area contributed by atoms with E-state index in [1.165, 1.54) is 5.57 Å². The van der Waals surface area contributed by atoms with Crippen LogP contribution in [0.1, 0.15) is 26.7 Å². The van der Waals surface area contributed by atoms with Gasteiger partial charge in [-0.05, 0) is 18.4 Å². The van der Waals surface area contributed by atoms with Crippen molar-refractivity contribution in [1.82, 2.24) is 0 Å². The fraction of sp³-hybridized carbons (Fsp3) is 0.400. The maximum atomic E-state index is 3.71. The number of hydrogen-bond acceptors (Lipinski definition) is 0. The quantitative estimate of drug-likeness (QED) is 0.519. The van der Waals surface area contributed by atoms with E-state index >= 15 is 0 Å². The molecule has 0 saturated heterocycles. The average Bonchev–Trinajstić information content (AvgIpc) is 1.99. The van der Waals surface area contributed by atoms with Crippen LogP contribution in [0.5, 0.6) is 0 Å². The van der Waals surface area contributed by atoms with Crippen LogP contribution >= 0.6 is 0 Å². The first-order chi connectivity index (χ1) is 4.85. The molecule has 0 aliphatic carbocycles. The monoisotopic (exact) mass is 136 g/mol. The molecular weight excluding hydrogens is 120 g/mol. The van der Waals surface area contributed by atoms with Gasteiger partial charge in [0.2, 0.25) is 0 Å². The van der Waals surface area contributed by atoms with Gasteiger partial charge in [0.15, 0.2) is 0 Å². The summed E-state index contributed by atoms with van der Waals surface area (Å²) in [5.74, 6) is 0. The van der Waals surface area contributed by atoms with Crippen molar-refractivity contribution >= 4 is 0 Å².